The van der Waals surface area contributed by atoms with Crippen LogP contribution in [-0.4, -0.2) is 14.2 Å². The fourth-order valence-corrected chi connectivity index (χ4v) is 1.77. The van der Waals surface area contributed by atoms with Crippen molar-refractivity contribution in [3.05, 3.63) is 23.5 Å². The molecule has 0 fully saturated rings. The molecule has 0 amide bonds. The molecule has 0 spiro atoms. The normalized spacial score (nSPS) is 10.7. The lowest BCUT2D eigenvalue weighted by Gasteiger charge is -2.08. The summed E-state index contributed by atoms with van der Waals surface area (Å²) in [6.45, 7) is 3.95. The molecule has 0 atom stereocenters. The van der Waals surface area contributed by atoms with Gasteiger partial charge in [-0.3, -0.25) is 0 Å². The Morgan fingerprint density at radius 2 is 1.80 bits per heavy atom. The number of ether oxygens (including phenoxy) is 2. The predicted molar refractivity (Wildman–Crippen MR) is 58.8 cm³/mol. The quantitative estimate of drug-likeness (QED) is 0.756. The topological polar surface area (TPSA) is 31.6 Å². The van der Waals surface area contributed by atoms with Crippen LogP contribution >= 0.6 is 0 Å². The van der Waals surface area contributed by atoms with E-state index in [1.54, 1.807) is 14.2 Å². The molecule has 3 nitrogen and oxygen atoms in total. The second-order valence-electron chi connectivity index (χ2n) is 3.53. The standard InChI is InChI=1S/C12H14O3/c1-7-5-10(13-3)12(14-4)11-9(7)6-8(2)15-11/h5-6H,1-4H3. The summed E-state index contributed by atoms with van der Waals surface area (Å²) in [7, 11) is 3.24. The predicted octanol–water partition coefficient (Wildman–Crippen LogP) is 3.07. The van der Waals surface area contributed by atoms with Gasteiger partial charge in [-0.1, -0.05) is 0 Å². The van der Waals surface area contributed by atoms with E-state index in [4.69, 9.17) is 13.9 Å². The van der Waals surface area contributed by atoms with Crippen LogP contribution in [0.15, 0.2) is 16.5 Å². The molecule has 0 bridgehead atoms. The molecular weight excluding hydrogens is 192 g/mol. The number of fused-ring (bicyclic) bond motifs is 1. The van der Waals surface area contributed by atoms with E-state index < -0.39 is 0 Å². The van der Waals surface area contributed by atoms with Gasteiger partial charge < -0.3 is 13.9 Å². The first kappa shape index (κ1) is 9.90. The van der Waals surface area contributed by atoms with Crippen molar-refractivity contribution >= 4 is 11.0 Å². The molecule has 2 rings (SSSR count). The molecule has 3 heteroatoms. The van der Waals surface area contributed by atoms with Gasteiger partial charge in [0.2, 0.25) is 5.75 Å². The number of benzene rings is 1. The number of hydrogen-bond donors (Lipinski definition) is 0. The highest BCUT2D eigenvalue weighted by molar-refractivity contribution is 5.89. The van der Waals surface area contributed by atoms with Gasteiger partial charge in [0.25, 0.3) is 0 Å². The fourth-order valence-electron chi connectivity index (χ4n) is 1.77. The number of hydrogen-bond acceptors (Lipinski definition) is 3. The van der Waals surface area contributed by atoms with Gasteiger partial charge in [-0.2, -0.15) is 0 Å². The Kier molecular flexibility index (Phi) is 2.31. The van der Waals surface area contributed by atoms with E-state index in [1.165, 1.54) is 0 Å². The van der Waals surface area contributed by atoms with Crippen molar-refractivity contribution in [1.29, 1.82) is 0 Å². The van der Waals surface area contributed by atoms with Crippen molar-refractivity contribution in [3.8, 4) is 11.5 Å². The maximum atomic E-state index is 5.61. The molecule has 1 heterocycles. The average Bonchev–Trinajstić information content (AvgIpc) is 2.60. The molecule has 1 aromatic carbocycles. The molecule has 0 aliphatic heterocycles. The summed E-state index contributed by atoms with van der Waals surface area (Å²) in [5, 5.41) is 1.07. The molecule has 0 saturated heterocycles. The van der Waals surface area contributed by atoms with Crippen LogP contribution in [-0.2, 0) is 0 Å². The Labute approximate surface area is 88.6 Å². The highest BCUT2D eigenvalue weighted by atomic mass is 16.5. The van der Waals surface area contributed by atoms with Crippen LogP contribution in [0.3, 0.4) is 0 Å². The summed E-state index contributed by atoms with van der Waals surface area (Å²) in [5.74, 6) is 2.24. The minimum absolute atomic E-state index is 0.659. The Bertz CT molecular complexity index is 497. The summed E-state index contributed by atoms with van der Waals surface area (Å²) in [6, 6.07) is 3.96. The van der Waals surface area contributed by atoms with E-state index >= 15 is 0 Å². The maximum Gasteiger partial charge on any atom is 0.204 e. The van der Waals surface area contributed by atoms with Gasteiger partial charge in [-0.05, 0) is 31.5 Å². The van der Waals surface area contributed by atoms with Gasteiger partial charge >= 0.3 is 0 Å². The Balaban J connectivity index is 2.84. The molecule has 80 valence electrons. The van der Waals surface area contributed by atoms with Crippen LogP contribution in [0, 0.1) is 13.8 Å². The molecule has 2 aromatic rings. The van der Waals surface area contributed by atoms with Crippen LogP contribution in [0.2, 0.25) is 0 Å². The zero-order chi connectivity index (χ0) is 11.0. The first-order valence-corrected chi connectivity index (χ1v) is 4.79. The smallest absolute Gasteiger partial charge is 0.204 e. The first-order valence-electron chi connectivity index (χ1n) is 4.79. The van der Waals surface area contributed by atoms with E-state index in [0.29, 0.717) is 11.5 Å². The summed E-state index contributed by atoms with van der Waals surface area (Å²) >= 11 is 0. The maximum absolute atomic E-state index is 5.61. The van der Waals surface area contributed by atoms with E-state index in [9.17, 15) is 0 Å². The molecule has 0 saturated carbocycles. The Morgan fingerprint density at radius 3 is 2.40 bits per heavy atom. The zero-order valence-electron chi connectivity index (χ0n) is 9.38. The van der Waals surface area contributed by atoms with Crippen LogP contribution in [0.4, 0.5) is 0 Å². The number of methoxy groups -OCH3 is 2. The van der Waals surface area contributed by atoms with Crippen molar-refractivity contribution in [1.82, 2.24) is 0 Å². The van der Waals surface area contributed by atoms with Crippen molar-refractivity contribution < 1.29 is 13.9 Å². The third kappa shape index (κ3) is 1.44. The van der Waals surface area contributed by atoms with E-state index in [0.717, 1.165) is 22.3 Å². The van der Waals surface area contributed by atoms with Crippen LogP contribution < -0.4 is 9.47 Å². The van der Waals surface area contributed by atoms with Crippen LogP contribution in [0.25, 0.3) is 11.0 Å². The van der Waals surface area contributed by atoms with Crippen molar-refractivity contribution in [2.24, 2.45) is 0 Å². The highest BCUT2D eigenvalue weighted by Gasteiger charge is 2.15. The molecule has 15 heavy (non-hydrogen) atoms. The lowest BCUT2D eigenvalue weighted by atomic mass is 10.1. The van der Waals surface area contributed by atoms with Gasteiger partial charge in [0.05, 0.1) is 14.2 Å². The van der Waals surface area contributed by atoms with Gasteiger partial charge in [0.15, 0.2) is 11.3 Å². The Morgan fingerprint density at radius 1 is 1.07 bits per heavy atom. The highest BCUT2D eigenvalue weighted by Crippen LogP contribution is 2.38. The van der Waals surface area contributed by atoms with E-state index in [-0.39, 0.29) is 0 Å². The summed E-state index contributed by atoms with van der Waals surface area (Å²) in [4.78, 5) is 0. The summed E-state index contributed by atoms with van der Waals surface area (Å²) in [5.41, 5.74) is 1.88. The third-order valence-electron chi connectivity index (χ3n) is 2.48. The fraction of sp³-hybridized carbons (Fsp3) is 0.333. The van der Waals surface area contributed by atoms with Gasteiger partial charge in [0.1, 0.15) is 5.76 Å². The summed E-state index contributed by atoms with van der Waals surface area (Å²) in [6.07, 6.45) is 0. The molecule has 0 aliphatic carbocycles. The second-order valence-corrected chi connectivity index (χ2v) is 3.53. The third-order valence-corrected chi connectivity index (χ3v) is 2.48. The van der Waals surface area contributed by atoms with E-state index in [2.05, 4.69) is 0 Å². The lowest BCUT2D eigenvalue weighted by molar-refractivity contribution is 0.352. The van der Waals surface area contributed by atoms with Gasteiger partial charge in [0, 0.05) is 5.39 Å². The Hall–Kier alpha value is -1.64. The van der Waals surface area contributed by atoms with Crippen molar-refractivity contribution in [2.75, 3.05) is 14.2 Å². The lowest BCUT2D eigenvalue weighted by Crippen LogP contribution is -1.91. The SMILES string of the molecule is COc1cc(C)c2cc(C)oc2c1OC. The minimum atomic E-state index is 0.659. The van der Waals surface area contributed by atoms with Crippen molar-refractivity contribution in [3.63, 3.8) is 0 Å². The second kappa shape index (κ2) is 3.50. The molecule has 0 radical (unpaired) electrons. The number of aryl methyl sites for hydroxylation is 2. The number of furan rings is 1. The zero-order valence-corrected chi connectivity index (χ0v) is 9.38. The van der Waals surface area contributed by atoms with E-state index in [1.807, 2.05) is 26.0 Å². The van der Waals surface area contributed by atoms with Crippen LogP contribution in [0.5, 0.6) is 11.5 Å². The average molecular weight is 206 g/mol. The monoisotopic (exact) mass is 206 g/mol. The molecule has 0 aliphatic rings. The molecule has 0 unspecified atom stereocenters. The number of rotatable bonds is 2. The van der Waals surface area contributed by atoms with Gasteiger partial charge in [-0.15, -0.1) is 0 Å². The summed E-state index contributed by atoms with van der Waals surface area (Å²) < 4.78 is 16.2. The van der Waals surface area contributed by atoms with Crippen molar-refractivity contribution in [2.45, 2.75) is 13.8 Å². The molecule has 1 aromatic heterocycles. The molecule has 0 N–H and O–H groups in total. The largest absolute Gasteiger partial charge is 0.493 e. The first-order chi connectivity index (χ1) is 7.17. The van der Waals surface area contributed by atoms with Gasteiger partial charge in [-0.25, -0.2) is 0 Å². The minimum Gasteiger partial charge on any atom is -0.493 e. The van der Waals surface area contributed by atoms with Crippen LogP contribution in [0.1, 0.15) is 11.3 Å². The molecular formula is C12H14O3.